The number of carbonyl (C=O) groups excluding carboxylic acids is 1. The quantitative estimate of drug-likeness (QED) is 0.854. The number of piperidine rings is 1. The lowest BCUT2D eigenvalue weighted by Crippen LogP contribution is -2.42. The third kappa shape index (κ3) is 4.23. The van der Waals surface area contributed by atoms with Crippen LogP contribution < -0.4 is 4.74 Å². The molecule has 24 heavy (non-hydrogen) atoms. The lowest BCUT2D eigenvalue weighted by Gasteiger charge is -2.32. The van der Waals surface area contributed by atoms with E-state index in [0.29, 0.717) is 36.2 Å². The Morgan fingerprint density at radius 3 is 2.75 bits per heavy atom. The SMILES string of the molecule is Cc1nccc(OC2CCN(C(=O)Cc3ccccc3Cl)CC2)n1. The molecule has 3 rings (SSSR count). The minimum Gasteiger partial charge on any atom is -0.474 e. The molecular weight excluding hydrogens is 326 g/mol. The zero-order chi connectivity index (χ0) is 16.9. The highest BCUT2D eigenvalue weighted by Gasteiger charge is 2.24. The van der Waals surface area contributed by atoms with Gasteiger partial charge in [-0.3, -0.25) is 4.79 Å². The molecule has 0 saturated carbocycles. The number of hydrogen-bond donors (Lipinski definition) is 0. The van der Waals surface area contributed by atoms with Gasteiger partial charge < -0.3 is 9.64 Å². The van der Waals surface area contributed by atoms with Gasteiger partial charge in [0.15, 0.2) is 0 Å². The maximum Gasteiger partial charge on any atom is 0.227 e. The molecular formula is C18H20ClN3O2. The standard InChI is InChI=1S/C18H20ClN3O2/c1-13-20-9-6-17(21-13)24-15-7-10-22(11-8-15)18(23)12-14-4-2-3-5-16(14)19/h2-6,9,15H,7-8,10-12H2,1H3. The predicted octanol–water partition coefficient (Wildman–Crippen LogP) is 3.05. The summed E-state index contributed by atoms with van der Waals surface area (Å²) in [6, 6.07) is 9.25. The number of carbonyl (C=O) groups is 1. The maximum absolute atomic E-state index is 12.4. The summed E-state index contributed by atoms with van der Waals surface area (Å²) < 4.78 is 5.89. The summed E-state index contributed by atoms with van der Waals surface area (Å²) in [6.45, 7) is 3.22. The van der Waals surface area contributed by atoms with Gasteiger partial charge in [-0.15, -0.1) is 0 Å². The summed E-state index contributed by atoms with van der Waals surface area (Å²) in [7, 11) is 0. The summed E-state index contributed by atoms with van der Waals surface area (Å²) in [5.41, 5.74) is 0.874. The van der Waals surface area contributed by atoms with Crippen molar-refractivity contribution >= 4 is 17.5 Å². The largest absolute Gasteiger partial charge is 0.474 e. The van der Waals surface area contributed by atoms with Crippen molar-refractivity contribution in [3.63, 3.8) is 0 Å². The fourth-order valence-corrected chi connectivity index (χ4v) is 3.01. The Hall–Kier alpha value is -2.14. The fourth-order valence-electron chi connectivity index (χ4n) is 2.81. The molecule has 0 radical (unpaired) electrons. The molecule has 1 fully saturated rings. The van der Waals surface area contributed by atoms with Gasteiger partial charge in [-0.2, -0.15) is 4.98 Å². The molecule has 2 aromatic rings. The summed E-state index contributed by atoms with van der Waals surface area (Å²) in [5.74, 6) is 1.41. The van der Waals surface area contributed by atoms with Crippen LogP contribution in [-0.2, 0) is 11.2 Å². The van der Waals surface area contributed by atoms with Crippen molar-refractivity contribution in [1.82, 2.24) is 14.9 Å². The van der Waals surface area contributed by atoms with Crippen LogP contribution in [0.3, 0.4) is 0 Å². The summed E-state index contributed by atoms with van der Waals surface area (Å²) in [6.07, 6.45) is 3.73. The van der Waals surface area contributed by atoms with Gasteiger partial charge in [0.2, 0.25) is 11.8 Å². The molecule has 1 amide bonds. The van der Waals surface area contributed by atoms with Gasteiger partial charge in [0.05, 0.1) is 6.42 Å². The van der Waals surface area contributed by atoms with Crippen LogP contribution in [0.2, 0.25) is 5.02 Å². The van der Waals surface area contributed by atoms with Crippen molar-refractivity contribution in [3.8, 4) is 5.88 Å². The zero-order valence-electron chi connectivity index (χ0n) is 13.6. The number of benzene rings is 1. The van der Waals surface area contributed by atoms with E-state index in [9.17, 15) is 4.79 Å². The topological polar surface area (TPSA) is 55.3 Å². The molecule has 1 aromatic carbocycles. The lowest BCUT2D eigenvalue weighted by atomic mass is 10.1. The van der Waals surface area contributed by atoms with Crippen molar-refractivity contribution in [3.05, 3.63) is 52.9 Å². The van der Waals surface area contributed by atoms with Crippen LogP contribution in [0, 0.1) is 6.92 Å². The number of hydrogen-bond acceptors (Lipinski definition) is 4. The molecule has 126 valence electrons. The normalized spacial score (nSPS) is 15.3. The number of nitrogens with zero attached hydrogens (tertiary/aromatic N) is 3. The number of aromatic nitrogens is 2. The second-order valence-corrected chi connectivity index (χ2v) is 6.32. The number of aryl methyl sites for hydroxylation is 1. The molecule has 1 saturated heterocycles. The first-order chi connectivity index (χ1) is 11.6. The average Bonchev–Trinajstić information content (AvgIpc) is 2.57. The molecule has 0 unspecified atom stereocenters. The summed E-state index contributed by atoms with van der Waals surface area (Å²) in [4.78, 5) is 22.6. The molecule has 1 aromatic heterocycles. The van der Waals surface area contributed by atoms with Crippen molar-refractivity contribution in [1.29, 1.82) is 0 Å². The van der Waals surface area contributed by atoms with Gasteiger partial charge in [0.1, 0.15) is 11.9 Å². The lowest BCUT2D eigenvalue weighted by molar-refractivity contribution is -0.132. The Morgan fingerprint density at radius 1 is 1.29 bits per heavy atom. The Morgan fingerprint density at radius 2 is 2.04 bits per heavy atom. The third-order valence-electron chi connectivity index (χ3n) is 4.13. The van der Waals surface area contributed by atoms with Crippen LogP contribution in [0.25, 0.3) is 0 Å². The van der Waals surface area contributed by atoms with Crippen molar-refractivity contribution in [2.45, 2.75) is 32.3 Å². The molecule has 1 aliphatic rings. The van der Waals surface area contributed by atoms with Crippen molar-refractivity contribution in [2.24, 2.45) is 0 Å². The van der Waals surface area contributed by atoms with Crippen LogP contribution >= 0.6 is 11.6 Å². The molecule has 0 aliphatic carbocycles. The van der Waals surface area contributed by atoms with Gasteiger partial charge in [-0.1, -0.05) is 29.8 Å². The van der Waals surface area contributed by atoms with Crippen molar-refractivity contribution in [2.75, 3.05) is 13.1 Å². The maximum atomic E-state index is 12.4. The molecule has 0 spiro atoms. The summed E-state index contributed by atoms with van der Waals surface area (Å²) in [5, 5.41) is 0.642. The Labute approximate surface area is 146 Å². The van der Waals surface area contributed by atoms with E-state index in [1.165, 1.54) is 0 Å². The third-order valence-corrected chi connectivity index (χ3v) is 4.50. The second-order valence-electron chi connectivity index (χ2n) is 5.91. The van der Waals surface area contributed by atoms with E-state index >= 15 is 0 Å². The van der Waals surface area contributed by atoms with Crippen molar-refractivity contribution < 1.29 is 9.53 Å². The Bertz CT molecular complexity index is 715. The van der Waals surface area contributed by atoms with Crippen LogP contribution in [-0.4, -0.2) is 40.0 Å². The second kappa shape index (κ2) is 7.62. The highest BCUT2D eigenvalue weighted by molar-refractivity contribution is 6.31. The molecule has 2 heterocycles. The number of amides is 1. The van der Waals surface area contributed by atoms with Gasteiger partial charge in [-0.05, 0) is 18.6 Å². The van der Waals surface area contributed by atoms with Gasteiger partial charge in [0.25, 0.3) is 0 Å². The number of likely N-dealkylation sites (tertiary alicyclic amines) is 1. The van der Waals surface area contributed by atoms with E-state index < -0.39 is 0 Å². The minimum absolute atomic E-state index is 0.0867. The Balaban J connectivity index is 1.51. The molecule has 6 heteroatoms. The first-order valence-corrected chi connectivity index (χ1v) is 8.47. The molecule has 0 bridgehead atoms. The van der Waals surface area contributed by atoms with Crippen LogP contribution in [0.15, 0.2) is 36.5 Å². The number of rotatable bonds is 4. The first-order valence-electron chi connectivity index (χ1n) is 8.09. The van der Waals surface area contributed by atoms with Gasteiger partial charge in [-0.25, -0.2) is 4.98 Å². The van der Waals surface area contributed by atoms with E-state index in [4.69, 9.17) is 16.3 Å². The van der Waals surface area contributed by atoms with E-state index in [0.717, 1.165) is 18.4 Å². The number of ether oxygens (including phenoxy) is 1. The molecule has 5 nitrogen and oxygen atoms in total. The molecule has 0 atom stereocenters. The van der Waals surface area contributed by atoms with E-state index in [2.05, 4.69) is 9.97 Å². The summed E-state index contributed by atoms with van der Waals surface area (Å²) >= 11 is 6.13. The number of halogens is 1. The first kappa shape index (κ1) is 16.7. The van der Waals surface area contributed by atoms with Crippen LogP contribution in [0.5, 0.6) is 5.88 Å². The minimum atomic E-state index is 0.0867. The van der Waals surface area contributed by atoms with E-state index in [1.807, 2.05) is 36.1 Å². The predicted molar refractivity (Wildman–Crippen MR) is 92.2 cm³/mol. The zero-order valence-corrected chi connectivity index (χ0v) is 14.4. The van der Waals surface area contributed by atoms with Gasteiger partial charge in [0, 0.05) is 43.2 Å². The fraction of sp³-hybridized carbons (Fsp3) is 0.389. The van der Waals surface area contributed by atoms with E-state index in [-0.39, 0.29) is 12.0 Å². The molecule has 1 aliphatic heterocycles. The smallest absolute Gasteiger partial charge is 0.227 e. The Kier molecular flexibility index (Phi) is 5.30. The monoisotopic (exact) mass is 345 g/mol. The van der Waals surface area contributed by atoms with Crippen LogP contribution in [0.4, 0.5) is 0 Å². The van der Waals surface area contributed by atoms with E-state index in [1.54, 1.807) is 12.3 Å². The van der Waals surface area contributed by atoms with Gasteiger partial charge >= 0.3 is 0 Å². The van der Waals surface area contributed by atoms with Crippen LogP contribution in [0.1, 0.15) is 24.2 Å². The average molecular weight is 346 g/mol. The molecule has 0 N–H and O–H groups in total. The highest BCUT2D eigenvalue weighted by Crippen LogP contribution is 2.20. The highest BCUT2D eigenvalue weighted by atomic mass is 35.5.